The summed E-state index contributed by atoms with van der Waals surface area (Å²) < 4.78 is 5.67. The molecule has 1 aliphatic carbocycles. The second-order valence-electron chi connectivity index (χ2n) is 5.54. The molecule has 0 bridgehead atoms. The van der Waals surface area contributed by atoms with E-state index in [2.05, 4.69) is 0 Å². The van der Waals surface area contributed by atoms with Gasteiger partial charge in [0, 0.05) is 5.02 Å². The molecule has 0 radical (unpaired) electrons. The molecule has 1 aromatic rings. The Labute approximate surface area is 123 Å². The van der Waals surface area contributed by atoms with Crippen molar-refractivity contribution in [3.63, 3.8) is 0 Å². The van der Waals surface area contributed by atoms with Crippen LogP contribution in [0.25, 0.3) is 0 Å². The average molecular weight is 299 g/mol. The molecule has 1 aliphatic rings. The molecule has 2 rings (SSSR count). The van der Waals surface area contributed by atoms with Crippen LogP contribution in [0.5, 0.6) is 5.75 Å². The minimum atomic E-state index is -0.944. The van der Waals surface area contributed by atoms with Crippen LogP contribution in [-0.4, -0.2) is 28.4 Å². The van der Waals surface area contributed by atoms with Crippen molar-refractivity contribution in [1.29, 1.82) is 0 Å². The van der Waals surface area contributed by atoms with E-state index < -0.39 is 11.6 Å². The van der Waals surface area contributed by atoms with Crippen molar-refractivity contribution in [3.8, 4) is 5.75 Å². The van der Waals surface area contributed by atoms with Crippen molar-refractivity contribution >= 4 is 17.6 Å². The second kappa shape index (κ2) is 6.02. The normalized spacial score (nSPS) is 26.2. The number of carboxylic acid groups (broad SMARTS) is 1. The number of aliphatic hydroxyl groups is 1. The van der Waals surface area contributed by atoms with Gasteiger partial charge in [-0.3, -0.25) is 4.79 Å². The summed E-state index contributed by atoms with van der Waals surface area (Å²) in [6.07, 6.45) is 1.88. The minimum Gasteiger partial charge on any atom is -0.490 e. The molecule has 20 heavy (non-hydrogen) atoms. The van der Waals surface area contributed by atoms with Crippen molar-refractivity contribution in [2.24, 2.45) is 5.92 Å². The Morgan fingerprint density at radius 1 is 1.45 bits per heavy atom. The van der Waals surface area contributed by atoms with Crippen molar-refractivity contribution in [2.45, 2.75) is 38.2 Å². The molecule has 1 fully saturated rings. The Bertz CT molecular complexity index is 493. The zero-order valence-electron chi connectivity index (χ0n) is 11.4. The number of benzene rings is 1. The molecule has 0 aromatic heterocycles. The van der Waals surface area contributed by atoms with Gasteiger partial charge in [-0.15, -0.1) is 0 Å². The predicted molar refractivity (Wildman–Crippen MR) is 76.2 cm³/mol. The molecule has 0 heterocycles. The maximum Gasteiger partial charge on any atom is 0.306 e. The number of aliphatic carboxylic acids is 1. The van der Waals surface area contributed by atoms with Gasteiger partial charge >= 0.3 is 5.97 Å². The van der Waals surface area contributed by atoms with Crippen molar-refractivity contribution in [3.05, 3.63) is 28.8 Å². The maximum atomic E-state index is 10.9. The fraction of sp³-hybridized carbons (Fsp3) is 0.533. The van der Waals surface area contributed by atoms with E-state index in [0.717, 1.165) is 5.56 Å². The first kappa shape index (κ1) is 15.1. The van der Waals surface area contributed by atoms with E-state index in [1.54, 1.807) is 12.1 Å². The third-order valence-electron chi connectivity index (χ3n) is 3.91. The lowest BCUT2D eigenvalue weighted by Crippen LogP contribution is -2.41. The van der Waals surface area contributed by atoms with Gasteiger partial charge in [0.25, 0.3) is 0 Å². The number of carboxylic acids is 1. The quantitative estimate of drug-likeness (QED) is 0.896. The van der Waals surface area contributed by atoms with Gasteiger partial charge in [0.2, 0.25) is 0 Å². The number of rotatable bonds is 4. The summed E-state index contributed by atoms with van der Waals surface area (Å²) in [7, 11) is 0. The van der Waals surface area contributed by atoms with Crippen LogP contribution in [0.3, 0.4) is 0 Å². The lowest BCUT2D eigenvalue weighted by atomic mass is 9.79. The van der Waals surface area contributed by atoms with Crippen LogP contribution < -0.4 is 4.74 Å². The molecule has 0 saturated heterocycles. The zero-order chi connectivity index (χ0) is 14.8. The number of carbonyl (C=O) groups is 1. The Kier molecular flexibility index (Phi) is 4.55. The summed E-state index contributed by atoms with van der Waals surface area (Å²) in [5.74, 6) is -0.465. The number of aryl methyl sites for hydroxylation is 1. The molecule has 0 atom stereocenters. The number of ether oxygens (including phenoxy) is 1. The molecule has 2 N–H and O–H groups in total. The summed E-state index contributed by atoms with van der Waals surface area (Å²) in [5.41, 5.74) is 0.0120. The van der Waals surface area contributed by atoms with Gasteiger partial charge in [-0.1, -0.05) is 17.7 Å². The highest BCUT2D eigenvalue weighted by Crippen LogP contribution is 2.33. The van der Waals surface area contributed by atoms with Crippen LogP contribution in [0, 0.1) is 12.8 Å². The first-order valence-electron chi connectivity index (χ1n) is 6.74. The first-order chi connectivity index (χ1) is 9.39. The Morgan fingerprint density at radius 3 is 2.70 bits per heavy atom. The molecule has 5 heteroatoms. The summed E-state index contributed by atoms with van der Waals surface area (Å²) in [6, 6.07) is 5.38. The fourth-order valence-electron chi connectivity index (χ4n) is 2.49. The van der Waals surface area contributed by atoms with E-state index in [0.29, 0.717) is 36.5 Å². The molecule has 1 aromatic carbocycles. The number of hydrogen-bond donors (Lipinski definition) is 2. The highest BCUT2D eigenvalue weighted by Gasteiger charge is 2.36. The molecular formula is C15H19ClO4. The maximum absolute atomic E-state index is 10.9. The average Bonchev–Trinajstić information content (AvgIpc) is 2.40. The third-order valence-corrected chi connectivity index (χ3v) is 4.15. The fourth-order valence-corrected chi connectivity index (χ4v) is 2.65. The molecule has 0 amide bonds. The van der Waals surface area contributed by atoms with Crippen molar-refractivity contribution in [1.82, 2.24) is 0 Å². The van der Waals surface area contributed by atoms with E-state index in [1.807, 2.05) is 13.0 Å². The standard InChI is InChI=1S/C15H19ClO4/c1-10-2-3-12(16)8-13(10)20-9-15(19)6-4-11(5-7-15)14(17)18/h2-3,8,11,19H,4-7,9H2,1H3,(H,17,18). The highest BCUT2D eigenvalue weighted by atomic mass is 35.5. The minimum absolute atomic E-state index is 0.167. The van der Waals surface area contributed by atoms with Gasteiger partial charge < -0.3 is 14.9 Å². The Morgan fingerprint density at radius 2 is 2.10 bits per heavy atom. The van der Waals surface area contributed by atoms with Gasteiger partial charge in [0.15, 0.2) is 0 Å². The SMILES string of the molecule is Cc1ccc(Cl)cc1OCC1(O)CCC(C(=O)O)CC1. The van der Waals surface area contributed by atoms with Crippen LogP contribution in [0.2, 0.25) is 5.02 Å². The van der Waals surface area contributed by atoms with Gasteiger partial charge in [-0.05, 0) is 50.3 Å². The molecule has 1 saturated carbocycles. The predicted octanol–water partition coefficient (Wildman–Crippen LogP) is 3.03. The molecule has 4 nitrogen and oxygen atoms in total. The van der Waals surface area contributed by atoms with E-state index in [4.69, 9.17) is 21.4 Å². The van der Waals surface area contributed by atoms with Gasteiger partial charge in [0.1, 0.15) is 12.4 Å². The molecule has 0 unspecified atom stereocenters. The Balaban J connectivity index is 1.94. The summed E-state index contributed by atoms with van der Waals surface area (Å²) in [6.45, 7) is 2.08. The summed E-state index contributed by atoms with van der Waals surface area (Å²) >= 11 is 5.92. The van der Waals surface area contributed by atoms with Crippen molar-refractivity contribution in [2.75, 3.05) is 6.61 Å². The third kappa shape index (κ3) is 3.64. The van der Waals surface area contributed by atoms with Crippen LogP contribution in [0.1, 0.15) is 31.2 Å². The summed E-state index contributed by atoms with van der Waals surface area (Å²) in [5, 5.41) is 20.0. The number of hydrogen-bond acceptors (Lipinski definition) is 3. The van der Waals surface area contributed by atoms with Crippen LogP contribution >= 0.6 is 11.6 Å². The lowest BCUT2D eigenvalue weighted by Gasteiger charge is -2.34. The van der Waals surface area contributed by atoms with E-state index in [9.17, 15) is 9.90 Å². The highest BCUT2D eigenvalue weighted by molar-refractivity contribution is 6.30. The van der Waals surface area contributed by atoms with E-state index in [-0.39, 0.29) is 12.5 Å². The monoisotopic (exact) mass is 298 g/mol. The van der Waals surface area contributed by atoms with Crippen molar-refractivity contribution < 1.29 is 19.7 Å². The molecule has 0 spiro atoms. The molecule has 0 aliphatic heterocycles. The lowest BCUT2D eigenvalue weighted by molar-refractivity contribution is -0.145. The van der Waals surface area contributed by atoms with Crippen LogP contribution in [0.4, 0.5) is 0 Å². The second-order valence-corrected chi connectivity index (χ2v) is 5.97. The molecule has 110 valence electrons. The van der Waals surface area contributed by atoms with Crippen LogP contribution in [0.15, 0.2) is 18.2 Å². The van der Waals surface area contributed by atoms with E-state index in [1.165, 1.54) is 0 Å². The topological polar surface area (TPSA) is 66.8 Å². The number of halogens is 1. The molecular weight excluding hydrogens is 280 g/mol. The zero-order valence-corrected chi connectivity index (χ0v) is 12.2. The van der Waals surface area contributed by atoms with Gasteiger partial charge in [-0.2, -0.15) is 0 Å². The first-order valence-corrected chi connectivity index (χ1v) is 7.11. The Hall–Kier alpha value is -1.26. The van der Waals surface area contributed by atoms with Crippen LogP contribution in [-0.2, 0) is 4.79 Å². The van der Waals surface area contributed by atoms with E-state index >= 15 is 0 Å². The van der Waals surface area contributed by atoms with Gasteiger partial charge in [0.05, 0.1) is 11.5 Å². The largest absolute Gasteiger partial charge is 0.490 e. The van der Waals surface area contributed by atoms with Gasteiger partial charge in [-0.25, -0.2) is 0 Å². The smallest absolute Gasteiger partial charge is 0.306 e. The summed E-state index contributed by atoms with van der Waals surface area (Å²) in [4.78, 5) is 10.9.